The lowest BCUT2D eigenvalue weighted by Crippen LogP contribution is -2.36. The maximum atomic E-state index is 13.3. The van der Waals surface area contributed by atoms with Crippen molar-refractivity contribution in [1.82, 2.24) is 9.88 Å². The molecule has 0 atom stereocenters. The fraction of sp³-hybridized carbons (Fsp3) is 0.333. The zero-order valence-corrected chi connectivity index (χ0v) is 19.3. The van der Waals surface area contributed by atoms with E-state index in [1.165, 1.54) is 11.1 Å². The van der Waals surface area contributed by atoms with E-state index in [1.54, 1.807) is 23.1 Å². The number of aromatic nitrogens is 1. The zero-order valence-electron chi connectivity index (χ0n) is 16.9. The van der Waals surface area contributed by atoms with Gasteiger partial charge in [0.15, 0.2) is 5.13 Å². The van der Waals surface area contributed by atoms with Crippen molar-refractivity contribution in [2.75, 3.05) is 38.3 Å². The molecule has 0 aliphatic heterocycles. The standard InChI is InChI=1S/C21H25N3OS2.ClH/c1-14-11-15(2)19-18(12-14)22-21(27-19)24(10-9-23(3)4)20(25)16-7-6-8-17(13-16)26-5;/h6-8,11-13H,9-10H2,1-5H3;1H. The molecule has 0 unspecified atom stereocenters. The number of hydrogen-bond acceptors (Lipinski definition) is 5. The number of anilines is 1. The van der Waals surface area contributed by atoms with Gasteiger partial charge in [-0.1, -0.05) is 23.5 Å². The number of amides is 1. The Kier molecular flexibility index (Phi) is 7.89. The third kappa shape index (κ3) is 5.06. The molecule has 1 amide bonds. The number of fused-ring (bicyclic) bond motifs is 1. The van der Waals surface area contributed by atoms with Crippen molar-refractivity contribution in [2.45, 2.75) is 18.7 Å². The number of thioether (sulfide) groups is 1. The topological polar surface area (TPSA) is 36.4 Å². The number of likely N-dealkylation sites (N-methyl/N-ethyl adjacent to an activating group) is 1. The van der Waals surface area contributed by atoms with Gasteiger partial charge in [-0.2, -0.15) is 0 Å². The molecule has 0 saturated carbocycles. The molecule has 0 spiro atoms. The number of aryl methyl sites for hydroxylation is 2. The van der Waals surface area contributed by atoms with E-state index in [-0.39, 0.29) is 18.3 Å². The van der Waals surface area contributed by atoms with Crippen molar-refractivity contribution in [2.24, 2.45) is 0 Å². The number of benzene rings is 2. The van der Waals surface area contributed by atoms with Crippen LogP contribution in [0.1, 0.15) is 21.5 Å². The van der Waals surface area contributed by atoms with Gasteiger partial charge in [-0.05, 0) is 69.6 Å². The number of thiazole rings is 1. The smallest absolute Gasteiger partial charge is 0.260 e. The summed E-state index contributed by atoms with van der Waals surface area (Å²) in [7, 11) is 4.03. The van der Waals surface area contributed by atoms with E-state index in [4.69, 9.17) is 4.98 Å². The van der Waals surface area contributed by atoms with E-state index >= 15 is 0 Å². The number of nitrogens with zero attached hydrogens (tertiary/aromatic N) is 3. The van der Waals surface area contributed by atoms with Crippen LogP contribution in [-0.4, -0.2) is 49.2 Å². The minimum absolute atomic E-state index is 0. The van der Waals surface area contributed by atoms with Gasteiger partial charge in [0.1, 0.15) is 0 Å². The lowest BCUT2D eigenvalue weighted by Gasteiger charge is -2.22. The van der Waals surface area contributed by atoms with Crippen molar-refractivity contribution < 1.29 is 4.79 Å². The highest BCUT2D eigenvalue weighted by molar-refractivity contribution is 7.98. The highest BCUT2D eigenvalue weighted by atomic mass is 35.5. The first-order valence-electron chi connectivity index (χ1n) is 8.87. The molecular formula is C21H26ClN3OS2. The van der Waals surface area contributed by atoms with Gasteiger partial charge in [0.05, 0.1) is 10.2 Å². The first kappa shape index (κ1) is 22.7. The molecule has 7 heteroatoms. The maximum absolute atomic E-state index is 13.3. The molecular weight excluding hydrogens is 410 g/mol. The van der Waals surface area contributed by atoms with Crippen LogP contribution in [0.3, 0.4) is 0 Å². The van der Waals surface area contributed by atoms with Gasteiger partial charge < -0.3 is 4.90 Å². The quantitative estimate of drug-likeness (QED) is 0.494. The highest BCUT2D eigenvalue weighted by Crippen LogP contribution is 2.33. The van der Waals surface area contributed by atoms with Gasteiger partial charge in [0, 0.05) is 23.5 Å². The molecule has 0 fully saturated rings. The maximum Gasteiger partial charge on any atom is 0.260 e. The number of rotatable bonds is 6. The van der Waals surface area contributed by atoms with Gasteiger partial charge in [-0.25, -0.2) is 4.98 Å². The second-order valence-corrected chi connectivity index (χ2v) is 8.78. The first-order chi connectivity index (χ1) is 12.9. The van der Waals surface area contributed by atoms with Crippen molar-refractivity contribution in [3.63, 3.8) is 0 Å². The van der Waals surface area contributed by atoms with Gasteiger partial charge in [0.2, 0.25) is 0 Å². The first-order valence-corrected chi connectivity index (χ1v) is 10.9. The van der Waals surface area contributed by atoms with E-state index in [9.17, 15) is 4.79 Å². The lowest BCUT2D eigenvalue weighted by molar-refractivity contribution is 0.0985. The summed E-state index contributed by atoms with van der Waals surface area (Å²) < 4.78 is 1.15. The van der Waals surface area contributed by atoms with Crippen LogP contribution in [0.15, 0.2) is 41.3 Å². The summed E-state index contributed by atoms with van der Waals surface area (Å²) in [5.74, 6) is 0.00109. The number of halogens is 1. The molecule has 0 saturated heterocycles. The summed E-state index contributed by atoms with van der Waals surface area (Å²) in [5, 5.41) is 0.764. The third-order valence-corrected chi connectivity index (χ3v) is 6.33. The average Bonchev–Trinajstić information content (AvgIpc) is 3.05. The SMILES string of the molecule is CSc1cccc(C(=O)N(CCN(C)C)c2nc3cc(C)cc(C)c3s2)c1.Cl. The summed E-state index contributed by atoms with van der Waals surface area (Å²) in [4.78, 5) is 23.1. The van der Waals surface area contributed by atoms with E-state index in [0.29, 0.717) is 12.1 Å². The van der Waals surface area contributed by atoms with Crippen LogP contribution in [0.4, 0.5) is 5.13 Å². The molecule has 4 nitrogen and oxygen atoms in total. The van der Waals surface area contributed by atoms with Crippen molar-refractivity contribution in [3.8, 4) is 0 Å². The fourth-order valence-electron chi connectivity index (χ4n) is 2.98. The van der Waals surface area contributed by atoms with E-state index in [2.05, 4.69) is 30.9 Å². The Morgan fingerprint density at radius 1 is 1.14 bits per heavy atom. The third-order valence-electron chi connectivity index (χ3n) is 4.37. The molecule has 0 aliphatic rings. The molecule has 3 aromatic rings. The van der Waals surface area contributed by atoms with E-state index < -0.39 is 0 Å². The van der Waals surface area contributed by atoms with Crippen LogP contribution >= 0.6 is 35.5 Å². The van der Waals surface area contributed by atoms with Crippen LogP contribution in [-0.2, 0) is 0 Å². The normalized spacial score (nSPS) is 10.9. The van der Waals surface area contributed by atoms with Crippen molar-refractivity contribution >= 4 is 56.8 Å². The molecule has 0 aliphatic carbocycles. The van der Waals surface area contributed by atoms with Crippen molar-refractivity contribution in [1.29, 1.82) is 0 Å². The Bertz CT molecular complexity index is 971. The number of hydrogen-bond donors (Lipinski definition) is 0. The molecule has 0 bridgehead atoms. The molecule has 1 heterocycles. The van der Waals surface area contributed by atoms with E-state index in [0.717, 1.165) is 26.8 Å². The minimum atomic E-state index is 0. The molecule has 28 heavy (non-hydrogen) atoms. The Morgan fingerprint density at radius 3 is 2.57 bits per heavy atom. The fourth-order valence-corrected chi connectivity index (χ4v) is 4.48. The molecule has 150 valence electrons. The largest absolute Gasteiger partial charge is 0.308 e. The van der Waals surface area contributed by atoms with Crippen LogP contribution in [0, 0.1) is 13.8 Å². The van der Waals surface area contributed by atoms with Crippen molar-refractivity contribution in [3.05, 3.63) is 53.1 Å². The molecule has 0 N–H and O–H groups in total. The summed E-state index contributed by atoms with van der Waals surface area (Å²) in [6.45, 7) is 5.56. The number of carbonyl (C=O) groups is 1. The van der Waals surface area contributed by atoms with Crippen LogP contribution < -0.4 is 4.90 Å². The summed E-state index contributed by atoms with van der Waals surface area (Å²) in [5.41, 5.74) is 4.06. The lowest BCUT2D eigenvalue weighted by atomic mass is 10.1. The van der Waals surface area contributed by atoms with Crippen LogP contribution in [0.5, 0.6) is 0 Å². The van der Waals surface area contributed by atoms with Crippen LogP contribution in [0.25, 0.3) is 10.2 Å². The van der Waals surface area contributed by atoms with Crippen LogP contribution in [0.2, 0.25) is 0 Å². The molecule has 3 rings (SSSR count). The highest BCUT2D eigenvalue weighted by Gasteiger charge is 2.22. The van der Waals surface area contributed by atoms with Gasteiger partial charge >= 0.3 is 0 Å². The van der Waals surface area contributed by atoms with E-state index in [1.807, 2.05) is 49.5 Å². The predicted molar refractivity (Wildman–Crippen MR) is 125 cm³/mol. The monoisotopic (exact) mass is 435 g/mol. The average molecular weight is 436 g/mol. The summed E-state index contributed by atoms with van der Waals surface area (Å²) >= 11 is 3.24. The predicted octanol–water partition coefficient (Wildman–Crippen LogP) is 5.27. The Balaban J connectivity index is 0.00000280. The molecule has 1 aromatic heterocycles. The Morgan fingerprint density at radius 2 is 1.89 bits per heavy atom. The second-order valence-electron chi connectivity index (χ2n) is 6.92. The van der Waals surface area contributed by atoms with Gasteiger partial charge in [-0.3, -0.25) is 9.69 Å². The Hall–Kier alpha value is -1.60. The Labute approximate surface area is 181 Å². The molecule has 2 aromatic carbocycles. The van der Waals surface area contributed by atoms with Gasteiger partial charge in [-0.15, -0.1) is 24.2 Å². The van der Waals surface area contributed by atoms with Gasteiger partial charge in [0.25, 0.3) is 5.91 Å². The number of carbonyl (C=O) groups excluding carboxylic acids is 1. The zero-order chi connectivity index (χ0) is 19.6. The second kappa shape index (κ2) is 9.74. The minimum Gasteiger partial charge on any atom is -0.308 e. The molecule has 0 radical (unpaired) electrons. The summed E-state index contributed by atoms with van der Waals surface area (Å²) in [6, 6.07) is 12.1. The summed E-state index contributed by atoms with van der Waals surface area (Å²) in [6.07, 6.45) is 2.02.